The lowest BCUT2D eigenvalue weighted by Gasteiger charge is -2.25. The van der Waals surface area contributed by atoms with Crippen LogP contribution in [0.15, 0.2) is 0 Å². The van der Waals surface area contributed by atoms with Crippen molar-refractivity contribution in [2.24, 2.45) is 11.7 Å². The molecule has 1 rings (SSSR count). The Morgan fingerprint density at radius 2 is 2.05 bits per heavy atom. The van der Waals surface area contributed by atoms with E-state index >= 15 is 0 Å². The number of rotatable bonds is 3. The molecule has 1 aliphatic rings. The normalized spacial score (nSPS) is 19.4. The largest absolute Gasteiger partial charge is 0.444 e. The summed E-state index contributed by atoms with van der Waals surface area (Å²) in [5.74, 6) is 0.226. The summed E-state index contributed by atoms with van der Waals surface area (Å²) in [5.41, 5.74) is 4.85. The Bertz CT molecular complexity index is 339. The van der Waals surface area contributed by atoms with Gasteiger partial charge in [0, 0.05) is 26.7 Å². The molecule has 0 saturated carbocycles. The number of ether oxygens (including phenoxy) is 1. The van der Waals surface area contributed by atoms with Crippen molar-refractivity contribution in [3.05, 3.63) is 0 Å². The summed E-state index contributed by atoms with van der Waals surface area (Å²) >= 11 is 0. The zero-order chi connectivity index (χ0) is 14.6. The van der Waals surface area contributed by atoms with E-state index in [1.54, 1.807) is 16.8 Å². The summed E-state index contributed by atoms with van der Waals surface area (Å²) in [6.45, 7) is 7.54. The van der Waals surface area contributed by atoms with E-state index in [-0.39, 0.29) is 18.5 Å². The molecule has 0 bridgehead atoms. The van der Waals surface area contributed by atoms with Gasteiger partial charge in [-0.3, -0.25) is 4.79 Å². The average Bonchev–Trinajstić information content (AvgIpc) is 2.74. The number of carbonyl (C=O) groups is 2. The van der Waals surface area contributed by atoms with Crippen LogP contribution >= 0.6 is 0 Å². The molecule has 0 aromatic carbocycles. The predicted octanol–water partition coefficient (Wildman–Crippen LogP) is 0.661. The molecule has 0 aliphatic carbocycles. The third-order valence-electron chi connectivity index (χ3n) is 3.07. The van der Waals surface area contributed by atoms with Gasteiger partial charge in [-0.15, -0.1) is 0 Å². The van der Waals surface area contributed by atoms with Gasteiger partial charge in [-0.2, -0.15) is 0 Å². The fraction of sp³-hybridized carbons (Fsp3) is 0.846. The second kappa shape index (κ2) is 6.23. The SMILES string of the molecule is CN(CC1CCN(C(=O)OC(C)(C)C)C1)C(=O)CN. The predicted molar refractivity (Wildman–Crippen MR) is 72.6 cm³/mol. The zero-order valence-corrected chi connectivity index (χ0v) is 12.3. The Balaban J connectivity index is 2.41. The maximum atomic E-state index is 11.9. The quantitative estimate of drug-likeness (QED) is 0.818. The van der Waals surface area contributed by atoms with Gasteiger partial charge in [0.1, 0.15) is 5.60 Å². The van der Waals surface area contributed by atoms with E-state index in [4.69, 9.17) is 10.5 Å². The molecule has 0 aromatic rings. The van der Waals surface area contributed by atoms with Crippen LogP contribution in [0.25, 0.3) is 0 Å². The summed E-state index contributed by atoms with van der Waals surface area (Å²) in [6, 6.07) is 0. The molecule has 0 aromatic heterocycles. The maximum absolute atomic E-state index is 11.9. The molecule has 1 fully saturated rings. The molecule has 1 unspecified atom stereocenters. The van der Waals surface area contributed by atoms with Gasteiger partial charge in [0.2, 0.25) is 5.91 Å². The van der Waals surface area contributed by atoms with Crippen molar-refractivity contribution in [3.63, 3.8) is 0 Å². The number of nitrogens with two attached hydrogens (primary N) is 1. The van der Waals surface area contributed by atoms with E-state index in [0.717, 1.165) is 6.42 Å². The average molecular weight is 271 g/mol. The third-order valence-corrected chi connectivity index (χ3v) is 3.07. The summed E-state index contributed by atoms with van der Waals surface area (Å²) in [5, 5.41) is 0. The molecule has 1 aliphatic heterocycles. The standard InChI is InChI=1S/C13H25N3O3/c1-13(2,3)19-12(18)16-6-5-10(9-16)8-15(4)11(17)7-14/h10H,5-9,14H2,1-4H3. The van der Waals surface area contributed by atoms with E-state index in [9.17, 15) is 9.59 Å². The lowest BCUT2D eigenvalue weighted by Crippen LogP contribution is -2.38. The van der Waals surface area contributed by atoms with Crippen molar-refractivity contribution >= 4 is 12.0 Å². The molecule has 2 amide bonds. The van der Waals surface area contributed by atoms with Crippen LogP contribution < -0.4 is 5.73 Å². The molecule has 1 heterocycles. The molecule has 2 N–H and O–H groups in total. The molecule has 19 heavy (non-hydrogen) atoms. The highest BCUT2D eigenvalue weighted by atomic mass is 16.6. The smallest absolute Gasteiger partial charge is 0.410 e. The van der Waals surface area contributed by atoms with E-state index < -0.39 is 5.60 Å². The summed E-state index contributed by atoms with van der Waals surface area (Å²) in [4.78, 5) is 26.6. The Morgan fingerprint density at radius 3 is 2.58 bits per heavy atom. The van der Waals surface area contributed by atoms with Crippen LogP contribution in [-0.2, 0) is 9.53 Å². The Kier molecular flexibility index (Phi) is 5.17. The first-order chi connectivity index (χ1) is 8.73. The van der Waals surface area contributed by atoms with Crippen LogP contribution in [0.3, 0.4) is 0 Å². The van der Waals surface area contributed by atoms with Gasteiger partial charge in [-0.1, -0.05) is 0 Å². The lowest BCUT2D eigenvalue weighted by molar-refractivity contribution is -0.128. The monoisotopic (exact) mass is 271 g/mol. The zero-order valence-electron chi connectivity index (χ0n) is 12.3. The van der Waals surface area contributed by atoms with E-state index in [1.807, 2.05) is 20.8 Å². The third kappa shape index (κ3) is 5.06. The lowest BCUT2D eigenvalue weighted by atomic mass is 10.1. The Morgan fingerprint density at radius 1 is 1.42 bits per heavy atom. The first-order valence-corrected chi connectivity index (χ1v) is 6.65. The minimum atomic E-state index is -0.471. The molecular formula is C13H25N3O3. The molecule has 6 heteroatoms. The minimum Gasteiger partial charge on any atom is -0.444 e. The Labute approximate surface area is 114 Å². The van der Waals surface area contributed by atoms with Crippen LogP contribution in [-0.4, -0.2) is 60.6 Å². The molecule has 0 radical (unpaired) electrons. The molecule has 6 nitrogen and oxygen atoms in total. The molecule has 110 valence electrons. The van der Waals surface area contributed by atoms with Crippen molar-refractivity contribution in [2.45, 2.75) is 32.8 Å². The second-order valence-corrected chi connectivity index (χ2v) is 6.06. The summed E-state index contributed by atoms with van der Waals surface area (Å²) < 4.78 is 5.33. The van der Waals surface area contributed by atoms with Crippen molar-refractivity contribution < 1.29 is 14.3 Å². The van der Waals surface area contributed by atoms with Crippen LogP contribution in [0, 0.1) is 5.92 Å². The van der Waals surface area contributed by atoms with Crippen molar-refractivity contribution in [1.29, 1.82) is 0 Å². The number of hydrogen-bond acceptors (Lipinski definition) is 4. The van der Waals surface area contributed by atoms with Crippen LogP contribution in [0.4, 0.5) is 4.79 Å². The fourth-order valence-electron chi connectivity index (χ4n) is 2.12. The van der Waals surface area contributed by atoms with E-state index in [1.165, 1.54) is 0 Å². The van der Waals surface area contributed by atoms with E-state index in [0.29, 0.717) is 25.6 Å². The Hall–Kier alpha value is -1.30. The van der Waals surface area contributed by atoms with Gasteiger partial charge in [0.15, 0.2) is 0 Å². The van der Waals surface area contributed by atoms with Gasteiger partial charge >= 0.3 is 6.09 Å². The van der Waals surface area contributed by atoms with E-state index in [2.05, 4.69) is 0 Å². The van der Waals surface area contributed by atoms with Crippen molar-refractivity contribution in [3.8, 4) is 0 Å². The first-order valence-electron chi connectivity index (χ1n) is 6.65. The number of likely N-dealkylation sites (tertiary alicyclic amines) is 1. The van der Waals surface area contributed by atoms with Gasteiger partial charge in [-0.25, -0.2) is 4.79 Å². The second-order valence-electron chi connectivity index (χ2n) is 6.06. The molecular weight excluding hydrogens is 246 g/mol. The number of nitrogens with zero attached hydrogens (tertiary/aromatic N) is 2. The van der Waals surface area contributed by atoms with Gasteiger partial charge in [0.25, 0.3) is 0 Å². The first kappa shape index (κ1) is 15.8. The highest BCUT2D eigenvalue weighted by Gasteiger charge is 2.30. The number of likely N-dealkylation sites (N-methyl/N-ethyl adjacent to an activating group) is 1. The van der Waals surface area contributed by atoms with Crippen LogP contribution in [0.5, 0.6) is 0 Å². The minimum absolute atomic E-state index is 0.0268. The van der Waals surface area contributed by atoms with Crippen molar-refractivity contribution in [2.75, 3.05) is 33.2 Å². The highest BCUT2D eigenvalue weighted by molar-refractivity contribution is 5.77. The van der Waals surface area contributed by atoms with Crippen LogP contribution in [0.1, 0.15) is 27.2 Å². The number of carbonyl (C=O) groups excluding carboxylic acids is 2. The van der Waals surface area contributed by atoms with Crippen LogP contribution in [0.2, 0.25) is 0 Å². The van der Waals surface area contributed by atoms with Gasteiger partial charge in [0.05, 0.1) is 6.54 Å². The van der Waals surface area contributed by atoms with Gasteiger partial charge < -0.3 is 20.3 Å². The molecule has 1 saturated heterocycles. The number of amides is 2. The molecule has 0 spiro atoms. The fourth-order valence-corrected chi connectivity index (χ4v) is 2.12. The highest BCUT2D eigenvalue weighted by Crippen LogP contribution is 2.20. The topological polar surface area (TPSA) is 75.9 Å². The summed E-state index contributed by atoms with van der Waals surface area (Å²) in [6.07, 6.45) is 0.615. The number of hydrogen-bond donors (Lipinski definition) is 1. The van der Waals surface area contributed by atoms with Crippen molar-refractivity contribution in [1.82, 2.24) is 9.80 Å². The molecule has 1 atom stereocenters. The van der Waals surface area contributed by atoms with Gasteiger partial charge in [-0.05, 0) is 33.1 Å². The maximum Gasteiger partial charge on any atom is 0.410 e. The summed E-state index contributed by atoms with van der Waals surface area (Å²) in [7, 11) is 1.74.